The van der Waals surface area contributed by atoms with E-state index in [1.54, 1.807) is 43.5 Å². The van der Waals surface area contributed by atoms with Gasteiger partial charge in [-0.2, -0.15) is 0 Å². The Kier molecular flexibility index (Phi) is 5.28. The van der Waals surface area contributed by atoms with Crippen LogP contribution < -0.4 is 15.2 Å². The maximum atomic E-state index is 6.10. The molecule has 3 nitrogen and oxygen atoms in total. The van der Waals surface area contributed by atoms with Crippen LogP contribution in [0.3, 0.4) is 0 Å². The monoisotopic (exact) mass is 341 g/mol. The zero-order chi connectivity index (χ0) is 15.4. The van der Waals surface area contributed by atoms with Gasteiger partial charge in [0.05, 0.1) is 17.7 Å². The molecule has 2 aromatic carbocycles. The van der Waals surface area contributed by atoms with Gasteiger partial charge < -0.3 is 15.2 Å². The van der Waals surface area contributed by atoms with Crippen LogP contribution in [0.4, 0.5) is 0 Å². The molecule has 0 saturated heterocycles. The molecule has 0 amide bonds. The molecule has 2 rings (SSSR count). The van der Waals surface area contributed by atoms with E-state index in [-0.39, 0.29) is 11.6 Å². The highest BCUT2D eigenvalue weighted by atomic mass is 35.5. The predicted molar refractivity (Wildman–Crippen MR) is 89.7 cm³/mol. The van der Waals surface area contributed by atoms with Crippen molar-refractivity contribution in [1.82, 2.24) is 0 Å². The summed E-state index contributed by atoms with van der Waals surface area (Å²) in [5.41, 5.74) is 7.03. The second-order valence-corrected chi connectivity index (χ2v) is 5.51. The summed E-state index contributed by atoms with van der Waals surface area (Å²) in [6.45, 7) is 0.264. The van der Waals surface area contributed by atoms with Crippen molar-refractivity contribution in [3.8, 4) is 11.5 Å². The molecule has 0 heterocycles. The van der Waals surface area contributed by atoms with Crippen LogP contribution in [-0.4, -0.2) is 12.1 Å². The maximum absolute atomic E-state index is 6.10. The van der Waals surface area contributed by atoms with Crippen LogP contribution in [-0.2, 0) is 6.61 Å². The lowest BCUT2D eigenvalue weighted by atomic mass is 10.2. The number of halogens is 2. The van der Waals surface area contributed by atoms with Crippen molar-refractivity contribution in [3.05, 3.63) is 57.6 Å². The molecule has 6 heteroatoms. The summed E-state index contributed by atoms with van der Waals surface area (Å²) >= 11 is 17.1. The molecule has 2 N–H and O–H groups in total. The van der Waals surface area contributed by atoms with E-state index in [2.05, 4.69) is 0 Å². The topological polar surface area (TPSA) is 44.5 Å². The molecule has 0 unspecified atom stereocenters. The van der Waals surface area contributed by atoms with Gasteiger partial charge in [0, 0.05) is 10.6 Å². The molecule has 0 fully saturated rings. The normalized spacial score (nSPS) is 10.2. The Labute approximate surface area is 138 Å². The Balaban J connectivity index is 2.27. The number of rotatable bonds is 5. The average Bonchev–Trinajstić information content (AvgIpc) is 2.44. The first-order chi connectivity index (χ1) is 10.0. The van der Waals surface area contributed by atoms with Gasteiger partial charge in [0.2, 0.25) is 0 Å². The molecule has 0 aliphatic heterocycles. The van der Waals surface area contributed by atoms with Gasteiger partial charge in [0.15, 0.2) is 0 Å². The minimum atomic E-state index is 0.189. The van der Waals surface area contributed by atoms with E-state index in [1.807, 2.05) is 0 Å². The molecular weight excluding hydrogens is 329 g/mol. The second-order valence-electron chi connectivity index (χ2n) is 4.22. The first kappa shape index (κ1) is 15.9. The van der Waals surface area contributed by atoms with E-state index in [0.29, 0.717) is 27.1 Å². The van der Waals surface area contributed by atoms with Crippen LogP contribution in [0.15, 0.2) is 36.4 Å². The van der Waals surface area contributed by atoms with Crippen LogP contribution in [0.5, 0.6) is 11.5 Å². The van der Waals surface area contributed by atoms with Crippen LogP contribution in [0, 0.1) is 0 Å². The molecule has 0 radical (unpaired) electrons. The second kappa shape index (κ2) is 6.98. The van der Waals surface area contributed by atoms with Crippen LogP contribution in [0.1, 0.15) is 11.1 Å². The number of benzene rings is 2. The van der Waals surface area contributed by atoms with Crippen molar-refractivity contribution in [2.45, 2.75) is 6.61 Å². The van der Waals surface area contributed by atoms with E-state index in [4.69, 9.17) is 50.6 Å². The highest BCUT2D eigenvalue weighted by Gasteiger charge is 2.12. The number of hydrogen-bond donors (Lipinski definition) is 1. The molecule has 0 aliphatic rings. The number of methoxy groups -OCH3 is 1. The largest absolute Gasteiger partial charge is 0.496 e. The number of nitrogens with two attached hydrogens (primary N) is 1. The molecule has 110 valence electrons. The Morgan fingerprint density at radius 1 is 1.19 bits per heavy atom. The zero-order valence-electron chi connectivity index (χ0n) is 11.2. The number of hydrogen-bond acceptors (Lipinski definition) is 3. The van der Waals surface area contributed by atoms with Crippen LogP contribution in [0.2, 0.25) is 10.0 Å². The van der Waals surface area contributed by atoms with Crippen LogP contribution >= 0.6 is 35.4 Å². The van der Waals surface area contributed by atoms with Crippen molar-refractivity contribution < 1.29 is 9.47 Å². The first-order valence-corrected chi connectivity index (χ1v) is 7.23. The smallest absolute Gasteiger partial charge is 0.131 e. The fourth-order valence-corrected chi connectivity index (χ4v) is 2.61. The van der Waals surface area contributed by atoms with Gasteiger partial charge in [-0.3, -0.25) is 0 Å². The summed E-state index contributed by atoms with van der Waals surface area (Å²) < 4.78 is 11.0. The lowest BCUT2D eigenvalue weighted by Gasteiger charge is -2.14. The predicted octanol–water partition coefficient (Wildman–Crippen LogP) is 4.22. The summed E-state index contributed by atoms with van der Waals surface area (Å²) in [5.74, 6) is 1.22. The average molecular weight is 342 g/mol. The van der Waals surface area contributed by atoms with Crippen molar-refractivity contribution in [1.29, 1.82) is 0 Å². The molecule has 0 aromatic heterocycles. The lowest BCUT2D eigenvalue weighted by molar-refractivity contribution is 0.296. The minimum absolute atomic E-state index is 0.189. The quantitative estimate of drug-likeness (QED) is 0.827. The summed E-state index contributed by atoms with van der Waals surface area (Å²) in [4.78, 5) is 0.189. The van der Waals surface area contributed by atoms with Crippen molar-refractivity contribution >= 4 is 40.4 Å². The number of ether oxygens (including phenoxy) is 2. The van der Waals surface area contributed by atoms with E-state index < -0.39 is 0 Å². The maximum Gasteiger partial charge on any atom is 0.131 e. The Morgan fingerprint density at radius 3 is 2.62 bits per heavy atom. The molecule has 0 spiro atoms. The summed E-state index contributed by atoms with van der Waals surface area (Å²) in [6.07, 6.45) is 0. The van der Waals surface area contributed by atoms with Gasteiger partial charge in [0.25, 0.3) is 0 Å². The number of thiocarbonyl (C=S) groups is 1. The lowest BCUT2D eigenvalue weighted by Crippen LogP contribution is -2.12. The van der Waals surface area contributed by atoms with Crippen molar-refractivity contribution in [3.63, 3.8) is 0 Å². The van der Waals surface area contributed by atoms with E-state index >= 15 is 0 Å². The van der Waals surface area contributed by atoms with E-state index in [9.17, 15) is 0 Å². The van der Waals surface area contributed by atoms with Gasteiger partial charge in [-0.05, 0) is 30.3 Å². The Hall–Kier alpha value is -1.49. The molecule has 21 heavy (non-hydrogen) atoms. The van der Waals surface area contributed by atoms with Gasteiger partial charge in [-0.15, -0.1) is 0 Å². The van der Waals surface area contributed by atoms with Crippen molar-refractivity contribution in [2.24, 2.45) is 5.73 Å². The molecule has 0 aliphatic carbocycles. The standard InChI is InChI=1S/C15H13Cl2NO2S/c1-19-12-6-5-10(16)7-9(12)8-20-13-4-2-3-11(17)14(13)15(18)21/h2-7H,8H2,1H3,(H2,18,21). The highest BCUT2D eigenvalue weighted by molar-refractivity contribution is 7.80. The van der Waals surface area contributed by atoms with Crippen LogP contribution in [0.25, 0.3) is 0 Å². The van der Waals surface area contributed by atoms with E-state index in [0.717, 1.165) is 5.56 Å². The first-order valence-electron chi connectivity index (χ1n) is 6.06. The molecular formula is C15H13Cl2NO2S. The highest BCUT2D eigenvalue weighted by Crippen LogP contribution is 2.29. The SMILES string of the molecule is COc1ccc(Cl)cc1COc1cccc(Cl)c1C(N)=S. The molecule has 0 bridgehead atoms. The third kappa shape index (κ3) is 3.79. The summed E-state index contributed by atoms with van der Waals surface area (Å²) in [5, 5.41) is 1.06. The van der Waals surface area contributed by atoms with Gasteiger partial charge >= 0.3 is 0 Å². The van der Waals surface area contributed by atoms with Gasteiger partial charge in [-0.25, -0.2) is 0 Å². The summed E-state index contributed by atoms with van der Waals surface area (Å²) in [6, 6.07) is 10.6. The molecule has 0 saturated carbocycles. The zero-order valence-corrected chi connectivity index (χ0v) is 13.6. The van der Waals surface area contributed by atoms with Crippen molar-refractivity contribution in [2.75, 3.05) is 7.11 Å². The fraction of sp³-hybridized carbons (Fsp3) is 0.133. The third-order valence-electron chi connectivity index (χ3n) is 2.85. The van der Waals surface area contributed by atoms with Gasteiger partial charge in [0.1, 0.15) is 23.1 Å². The minimum Gasteiger partial charge on any atom is -0.496 e. The Morgan fingerprint density at radius 2 is 1.95 bits per heavy atom. The summed E-state index contributed by atoms with van der Waals surface area (Å²) in [7, 11) is 1.59. The van der Waals surface area contributed by atoms with Gasteiger partial charge in [-0.1, -0.05) is 41.5 Å². The third-order valence-corrected chi connectivity index (χ3v) is 3.60. The molecule has 0 atom stereocenters. The molecule has 2 aromatic rings. The Bertz CT molecular complexity index is 677. The van der Waals surface area contributed by atoms with E-state index in [1.165, 1.54) is 0 Å². The fourth-order valence-electron chi connectivity index (χ4n) is 1.88.